The molecule has 414 valence electrons. The van der Waals surface area contributed by atoms with Gasteiger partial charge in [-0.15, -0.1) is 11.8 Å². The molecule has 74 heavy (non-hydrogen) atoms. The molecule has 3 saturated heterocycles. The van der Waals surface area contributed by atoms with Gasteiger partial charge < -0.3 is 64.1 Å². The number of unbranched alkanes of at least 4 members (excludes halogenated alkanes) is 2. The number of carbonyl (C=O) groups excluding carboxylic acids is 4. The lowest BCUT2D eigenvalue weighted by atomic mass is 9.81. The lowest BCUT2D eigenvalue weighted by Gasteiger charge is -2.46. The van der Waals surface area contributed by atoms with Crippen molar-refractivity contribution in [2.75, 3.05) is 85.4 Å². The maximum absolute atomic E-state index is 13.3. The number of urea groups is 1. The summed E-state index contributed by atoms with van der Waals surface area (Å²) in [5.74, 6) is -2.27. The second-order valence-corrected chi connectivity index (χ2v) is 20.7. The fourth-order valence-electron chi connectivity index (χ4n) is 9.57. The van der Waals surface area contributed by atoms with Crippen LogP contribution in [-0.2, 0) is 52.3 Å². The number of amides is 4. The van der Waals surface area contributed by atoms with Gasteiger partial charge in [-0.05, 0) is 44.1 Å². The normalized spacial score (nSPS) is 29.8. The lowest BCUT2D eigenvalue weighted by Crippen LogP contribution is -2.55. The van der Waals surface area contributed by atoms with Crippen LogP contribution in [0, 0.1) is 18.4 Å². The molecule has 0 aromatic heterocycles. The van der Waals surface area contributed by atoms with Crippen molar-refractivity contribution >= 4 is 41.5 Å². The smallest absolute Gasteiger partial charge is 0.389 e. The van der Waals surface area contributed by atoms with Gasteiger partial charge >= 0.3 is 17.7 Å². The van der Waals surface area contributed by atoms with Gasteiger partial charge in [0.2, 0.25) is 11.8 Å². The summed E-state index contributed by atoms with van der Waals surface area (Å²) in [5, 5.41) is 34.7. The minimum absolute atomic E-state index is 0.0194. The van der Waals surface area contributed by atoms with E-state index in [-0.39, 0.29) is 113 Å². The molecule has 4 amide bonds. The average Bonchev–Trinajstić information content (AvgIpc) is 3.89. The fraction of sp³-hybridized carbons (Fsp3) is 0.736. The third kappa shape index (κ3) is 19.6. The molecule has 0 saturated carbocycles. The predicted octanol–water partition coefficient (Wildman–Crippen LogP) is 4.82. The number of hydrogen-bond acceptors (Lipinski definition) is 16. The van der Waals surface area contributed by atoms with E-state index in [9.17, 15) is 29.4 Å². The van der Waals surface area contributed by atoms with Gasteiger partial charge in [0.15, 0.2) is 11.7 Å². The molecule has 11 atom stereocenters. The van der Waals surface area contributed by atoms with Crippen molar-refractivity contribution in [3.63, 3.8) is 0 Å². The van der Waals surface area contributed by atoms with E-state index < -0.39 is 41.8 Å². The van der Waals surface area contributed by atoms with E-state index in [2.05, 4.69) is 33.0 Å². The molecule has 20 nitrogen and oxygen atoms in total. The Hall–Kier alpha value is -4.37. The summed E-state index contributed by atoms with van der Waals surface area (Å²) in [6.45, 7) is 13.5. The van der Waals surface area contributed by atoms with Crippen molar-refractivity contribution < 1.29 is 67.3 Å². The molecular weight excluding hydrogens is 977 g/mol. The maximum Gasteiger partial charge on any atom is 0.389 e. The number of esters is 1. The van der Waals surface area contributed by atoms with Gasteiger partial charge in [0.25, 0.3) is 6.57 Å². The molecule has 4 aliphatic heterocycles. The Balaban J connectivity index is 0.957. The lowest BCUT2D eigenvalue weighted by molar-refractivity contribution is -0.293. The van der Waals surface area contributed by atoms with Gasteiger partial charge in [-0.2, -0.15) is 0 Å². The quantitative estimate of drug-likeness (QED) is 0.0300. The molecule has 1 aromatic carbocycles. The van der Waals surface area contributed by atoms with Crippen molar-refractivity contribution in [1.82, 2.24) is 21.3 Å². The first-order valence-corrected chi connectivity index (χ1v) is 27.5. The molecule has 4 heterocycles. The summed E-state index contributed by atoms with van der Waals surface area (Å²) < 4.78 is 47.0. The molecular formula is C53H83N6O14S+. The Bertz CT molecular complexity index is 1980. The van der Waals surface area contributed by atoms with Gasteiger partial charge in [-0.25, -0.2) is 9.59 Å². The number of nitrogens with zero attached hydrogens (tertiary/aromatic N) is 2. The zero-order valence-electron chi connectivity index (χ0n) is 43.9. The van der Waals surface area contributed by atoms with E-state index in [1.165, 1.54) is 0 Å². The van der Waals surface area contributed by atoms with Gasteiger partial charge in [0.1, 0.15) is 42.8 Å². The van der Waals surface area contributed by atoms with E-state index in [4.69, 9.17) is 49.5 Å². The Morgan fingerprint density at radius 1 is 0.932 bits per heavy atom. The van der Waals surface area contributed by atoms with Gasteiger partial charge in [-0.3, -0.25) is 19.9 Å². The number of benzene rings is 1. The second-order valence-electron chi connectivity index (χ2n) is 19.4. The Morgan fingerprint density at radius 3 is 2.35 bits per heavy atom. The number of carbonyl (C=O) groups is 4. The zero-order valence-corrected chi connectivity index (χ0v) is 44.7. The van der Waals surface area contributed by atoms with E-state index in [0.29, 0.717) is 51.3 Å². The minimum atomic E-state index is -1.78. The average molecular weight is 1060 g/mol. The molecule has 5 rings (SSSR count). The molecule has 4 aliphatic rings. The number of nitrogens with one attached hydrogen (secondary N) is 4. The van der Waals surface area contributed by atoms with Gasteiger partial charge in [0, 0.05) is 57.2 Å². The predicted molar refractivity (Wildman–Crippen MR) is 280 cm³/mol. The van der Waals surface area contributed by atoms with Crippen molar-refractivity contribution in [2.45, 2.75) is 151 Å². The maximum atomic E-state index is 13.3. The van der Waals surface area contributed by atoms with E-state index in [0.717, 1.165) is 49.8 Å². The molecule has 6 N–H and O–H groups in total. The van der Waals surface area contributed by atoms with E-state index in [1.54, 1.807) is 18.9 Å². The number of aliphatic hydroxyl groups excluding tert-OH is 1. The van der Waals surface area contributed by atoms with Crippen molar-refractivity contribution in [3.05, 3.63) is 52.9 Å². The molecule has 11 unspecified atom stereocenters. The molecule has 0 radical (unpaired) electrons. The van der Waals surface area contributed by atoms with Crippen LogP contribution < -0.4 is 21.3 Å². The van der Waals surface area contributed by atoms with Crippen LogP contribution in [0.15, 0.2) is 47.5 Å². The summed E-state index contributed by atoms with van der Waals surface area (Å²) in [5.41, 5.74) is 0.196. The monoisotopic (exact) mass is 1060 g/mol. The number of fused-ring (bicyclic) bond motifs is 3. The molecule has 2 bridgehead atoms. The van der Waals surface area contributed by atoms with Crippen LogP contribution in [0.4, 0.5) is 4.79 Å². The number of rotatable bonds is 27. The highest BCUT2D eigenvalue weighted by Crippen LogP contribution is 2.43. The van der Waals surface area contributed by atoms with Crippen LogP contribution in [0.5, 0.6) is 0 Å². The highest BCUT2D eigenvalue weighted by atomic mass is 32.2. The molecule has 21 heteroatoms. The largest absolute Gasteiger partial charge is 0.473 e. The number of aliphatic hydroxyl groups is 2. The van der Waals surface area contributed by atoms with Crippen LogP contribution in [0.1, 0.15) is 109 Å². The standard InChI is InChI=1S/C53H82N6O14S/c1-6-7-23-57-48-33-52(65)32-43(38(3)50(73-52)37(2)21-22-42(66-5)40(60)17-11-12-18-41(71-48)39-15-9-8-10-16-39)72-49(63)35-70-31-29-68-27-25-56-47(62)34-69-30-28-67-26-24-55-46(61)20-14-13-19-45-53(54-4)44(36-74-45)58-51(64)59-53/h4,8-10,15-16,21-22,37-38,40-45,50,60,65H,6-7,11-14,17-20,23-36H2,1-3,5H3,(H3-,55,56,58,59,61,62,64)/p+1. The first kappa shape index (κ1) is 60.5. The number of methoxy groups -OCH3 is 1. The summed E-state index contributed by atoms with van der Waals surface area (Å²) in [6.07, 6.45) is 7.95. The Kier molecular flexibility index (Phi) is 26.4. The SMILES string of the molecule is C#[N+]C12NC(=O)NC1CSC2CCCCC(=O)NCCOCCOCC(=O)NCCOCCOCC(=O)OC1CC2(O)CC(=NCCCC)OC(c3ccccc3)CCCCC(O)C(OC)C=CC(C)C(O2)C1C. The van der Waals surface area contributed by atoms with E-state index in [1.807, 2.05) is 56.3 Å². The summed E-state index contributed by atoms with van der Waals surface area (Å²) in [7, 11) is 1.57. The zero-order chi connectivity index (χ0) is 53.2. The molecule has 0 spiro atoms. The van der Waals surface area contributed by atoms with Crippen LogP contribution in [-0.4, -0.2) is 172 Å². The highest BCUT2D eigenvalue weighted by molar-refractivity contribution is 8.00. The minimum Gasteiger partial charge on any atom is -0.473 e. The summed E-state index contributed by atoms with van der Waals surface area (Å²) in [4.78, 5) is 58.4. The first-order valence-electron chi connectivity index (χ1n) is 26.5. The van der Waals surface area contributed by atoms with E-state index >= 15 is 0 Å². The summed E-state index contributed by atoms with van der Waals surface area (Å²) >= 11 is 1.73. The fourth-order valence-corrected chi connectivity index (χ4v) is 11.2. The summed E-state index contributed by atoms with van der Waals surface area (Å²) in [6, 6.07) is 9.53. The van der Waals surface area contributed by atoms with Gasteiger partial charge in [0.05, 0.1) is 58.3 Å². The molecule has 3 fully saturated rings. The Labute approximate surface area is 441 Å². The van der Waals surface area contributed by atoms with Crippen LogP contribution in [0.2, 0.25) is 0 Å². The highest BCUT2D eigenvalue weighted by Gasteiger charge is 2.65. The molecule has 1 aromatic rings. The number of hydrogen-bond donors (Lipinski definition) is 6. The van der Waals surface area contributed by atoms with Crippen LogP contribution in [0.25, 0.3) is 4.85 Å². The van der Waals surface area contributed by atoms with Crippen molar-refractivity contribution in [1.29, 1.82) is 0 Å². The number of thioether (sulfide) groups is 1. The topological polar surface area (TPSA) is 247 Å². The Morgan fingerprint density at radius 2 is 1.64 bits per heavy atom. The second kappa shape index (κ2) is 32.3. The van der Waals surface area contributed by atoms with Crippen molar-refractivity contribution in [2.24, 2.45) is 16.8 Å². The third-order valence-electron chi connectivity index (χ3n) is 13.7. The van der Waals surface area contributed by atoms with Crippen molar-refractivity contribution in [3.8, 4) is 6.57 Å². The third-order valence-corrected chi connectivity index (χ3v) is 15.2. The molecule has 0 aliphatic carbocycles. The van der Waals surface area contributed by atoms with Gasteiger partial charge in [-0.1, -0.05) is 87.4 Å². The van der Waals surface area contributed by atoms with Crippen LogP contribution >= 0.6 is 11.8 Å². The first-order chi connectivity index (χ1) is 35.8. The number of ether oxygens (including phenoxy) is 8. The van der Waals surface area contributed by atoms with Crippen LogP contribution in [0.3, 0.4) is 0 Å². The number of aliphatic imine (C=N–C) groups is 1.